The fraction of sp³-hybridized carbons (Fsp3) is 0.846. The fourth-order valence-corrected chi connectivity index (χ4v) is 5.31. The van der Waals surface area contributed by atoms with Gasteiger partial charge in [0.2, 0.25) is 5.91 Å². The average Bonchev–Trinajstić information content (AvgIpc) is 2.58. The van der Waals surface area contributed by atoms with E-state index in [-0.39, 0.29) is 5.78 Å². The topological polar surface area (TPSA) is 46.2 Å². The van der Waals surface area contributed by atoms with Gasteiger partial charge in [0.05, 0.1) is 10.2 Å². The van der Waals surface area contributed by atoms with Crippen LogP contribution in [-0.4, -0.2) is 29.2 Å². The predicted octanol–water partition coefficient (Wildman–Crippen LogP) is 2.82. The first-order valence-corrected chi connectivity index (χ1v) is 7.35. The SMILES string of the molecule is CC1(C)[C@]2(C)CC[C@@]1(C(=O)NCC(F)(F)F)[C@@H](Br)C2=O. The van der Waals surface area contributed by atoms with Crippen LogP contribution in [0.1, 0.15) is 33.6 Å². The monoisotopic (exact) mass is 355 g/mol. The van der Waals surface area contributed by atoms with Gasteiger partial charge in [-0.1, -0.05) is 36.7 Å². The number of Topliss-reactive ketones (excluding diaryl/α,β-unsaturated/α-hetero) is 1. The Labute approximate surface area is 123 Å². The molecule has 114 valence electrons. The van der Waals surface area contributed by atoms with Crippen LogP contribution < -0.4 is 5.32 Å². The molecule has 7 heteroatoms. The van der Waals surface area contributed by atoms with Crippen LogP contribution in [0.2, 0.25) is 0 Å². The number of rotatable bonds is 2. The lowest BCUT2D eigenvalue weighted by molar-refractivity contribution is -0.148. The van der Waals surface area contributed by atoms with Gasteiger partial charge in [-0.3, -0.25) is 9.59 Å². The van der Waals surface area contributed by atoms with Crippen molar-refractivity contribution in [1.29, 1.82) is 0 Å². The summed E-state index contributed by atoms with van der Waals surface area (Å²) in [7, 11) is 0. The Morgan fingerprint density at radius 3 is 2.30 bits per heavy atom. The largest absolute Gasteiger partial charge is 0.405 e. The number of ketones is 1. The zero-order chi connectivity index (χ0) is 15.6. The van der Waals surface area contributed by atoms with Crippen molar-refractivity contribution in [3.63, 3.8) is 0 Å². The molecule has 3 nitrogen and oxygen atoms in total. The minimum Gasteiger partial charge on any atom is -0.346 e. The molecule has 2 rings (SSSR count). The number of hydrogen-bond acceptors (Lipinski definition) is 2. The highest BCUT2D eigenvalue weighted by molar-refractivity contribution is 9.10. The van der Waals surface area contributed by atoms with Crippen molar-refractivity contribution in [2.75, 3.05) is 6.54 Å². The molecule has 0 unspecified atom stereocenters. The number of carbonyl (C=O) groups excluding carboxylic acids is 2. The molecule has 2 saturated carbocycles. The molecule has 0 aromatic carbocycles. The molecule has 0 aromatic rings. The molecule has 1 amide bonds. The Morgan fingerprint density at radius 2 is 1.90 bits per heavy atom. The predicted molar refractivity (Wildman–Crippen MR) is 70.3 cm³/mol. The third kappa shape index (κ3) is 1.71. The maximum Gasteiger partial charge on any atom is 0.405 e. The van der Waals surface area contributed by atoms with E-state index >= 15 is 0 Å². The smallest absolute Gasteiger partial charge is 0.346 e. The van der Waals surface area contributed by atoms with Crippen LogP contribution in [-0.2, 0) is 9.59 Å². The summed E-state index contributed by atoms with van der Waals surface area (Å²) in [6.07, 6.45) is -3.51. The first-order chi connectivity index (χ1) is 8.90. The molecule has 2 aliphatic rings. The van der Waals surface area contributed by atoms with Crippen molar-refractivity contribution in [2.24, 2.45) is 16.2 Å². The third-order valence-electron chi connectivity index (χ3n) is 5.58. The number of alkyl halides is 4. The van der Waals surface area contributed by atoms with E-state index in [1.54, 1.807) is 20.8 Å². The maximum atomic E-state index is 12.4. The summed E-state index contributed by atoms with van der Waals surface area (Å²) in [6, 6.07) is 0. The molecule has 0 heterocycles. The molecule has 2 bridgehead atoms. The first kappa shape index (κ1) is 15.8. The highest BCUT2D eigenvalue weighted by Crippen LogP contribution is 2.72. The third-order valence-corrected chi connectivity index (χ3v) is 6.77. The maximum absolute atomic E-state index is 12.4. The van der Waals surface area contributed by atoms with Crippen LogP contribution in [0.25, 0.3) is 0 Å². The zero-order valence-electron chi connectivity index (χ0n) is 11.5. The summed E-state index contributed by atoms with van der Waals surface area (Å²) < 4.78 is 36.9. The van der Waals surface area contributed by atoms with E-state index in [1.807, 2.05) is 5.32 Å². The second-order valence-corrected chi connectivity index (χ2v) is 7.37. The number of amides is 1. The molecular weight excluding hydrogens is 339 g/mol. The first-order valence-electron chi connectivity index (χ1n) is 6.43. The van der Waals surface area contributed by atoms with E-state index in [0.717, 1.165) is 0 Å². The van der Waals surface area contributed by atoms with Crippen LogP contribution >= 0.6 is 15.9 Å². The van der Waals surface area contributed by atoms with Crippen LogP contribution in [0.4, 0.5) is 13.2 Å². The molecule has 20 heavy (non-hydrogen) atoms. The van der Waals surface area contributed by atoms with Gasteiger partial charge in [-0.15, -0.1) is 0 Å². The second kappa shape index (κ2) is 4.21. The Balaban J connectivity index is 2.34. The number of halogens is 4. The lowest BCUT2D eigenvalue weighted by Gasteiger charge is -2.39. The summed E-state index contributed by atoms with van der Waals surface area (Å²) in [5.41, 5.74) is -2.46. The molecule has 1 N–H and O–H groups in total. The Bertz CT molecular complexity index is 477. The van der Waals surface area contributed by atoms with Crippen molar-refractivity contribution in [1.82, 2.24) is 5.32 Å². The van der Waals surface area contributed by atoms with E-state index < -0.39 is 39.7 Å². The van der Waals surface area contributed by atoms with Gasteiger partial charge in [0.1, 0.15) is 6.54 Å². The Kier molecular flexibility index (Phi) is 3.32. The minimum absolute atomic E-state index is 0.0871. The molecule has 0 saturated heterocycles. The highest BCUT2D eigenvalue weighted by Gasteiger charge is 2.76. The van der Waals surface area contributed by atoms with Crippen LogP contribution in [0.3, 0.4) is 0 Å². The molecule has 0 aromatic heterocycles. The summed E-state index contributed by atoms with van der Waals surface area (Å²) in [5.74, 6) is -0.771. The summed E-state index contributed by atoms with van der Waals surface area (Å²) in [4.78, 5) is 24.0. The normalized spacial score (nSPS) is 39.1. The van der Waals surface area contributed by atoms with Crippen molar-refractivity contribution >= 4 is 27.6 Å². The van der Waals surface area contributed by atoms with Gasteiger partial charge in [-0.25, -0.2) is 0 Å². The van der Waals surface area contributed by atoms with Crippen molar-refractivity contribution in [3.05, 3.63) is 0 Å². The van der Waals surface area contributed by atoms with E-state index in [2.05, 4.69) is 15.9 Å². The van der Waals surface area contributed by atoms with Gasteiger partial charge < -0.3 is 5.32 Å². The Hall–Kier alpha value is -0.590. The van der Waals surface area contributed by atoms with E-state index in [1.165, 1.54) is 0 Å². The van der Waals surface area contributed by atoms with E-state index in [0.29, 0.717) is 12.8 Å². The van der Waals surface area contributed by atoms with Gasteiger partial charge in [0.15, 0.2) is 5.78 Å². The Morgan fingerprint density at radius 1 is 1.35 bits per heavy atom. The van der Waals surface area contributed by atoms with Gasteiger partial charge in [0.25, 0.3) is 0 Å². The molecular formula is C13H17BrF3NO2. The zero-order valence-corrected chi connectivity index (χ0v) is 13.1. The van der Waals surface area contributed by atoms with Gasteiger partial charge in [-0.2, -0.15) is 13.2 Å². The number of hydrogen-bond donors (Lipinski definition) is 1. The second-order valence-electron chi connectivity index (χ2n) is 6.45. The van der Waals surface area contributed by atoms with Crippen molar-refractivity contribution < 1.29 is 22.8 Å². The van der Waals surface area contributed by atoms with Gasteiger partial charge in [0, 0.05) is 5.41 Å². The lowest BCUT2D eigenvalue weighted by atomic mass is 9.64. The number of fused-ring (bicyclic) bond motifs is 2. The van der Waals surface area contributed by atoms with E-state index in [9.17, 15) is 22.8 Å². The molecule has 2 aliphatic carbocycles. The summed E-state index contributed by atoms with van der Waals surface area (Å²) in [5, 5.41) is 1.96. The number of carbonyl (C=O) groups is 2. The molecule has 0 radical (unpaired) electrons. The fourth-order valence-electron chi connectivity index (χ4n) is 3.79. The van der Waals surface area contributed by atoms with Crippen molar-refractivity contribution in [3.8, 4) is 0 Å². The van der Waals surface area contributed by atoms with Crippen LogP contribution in [0, 0.1) is 16.2 Å². The standard InChI is InChI=1S/C13H17BrF3NO2/c1-10(2)11(3)4-5-12(10,7(14)8(11)19)9(20)18-6-13(15,16)17/h7H,4-6H2,1-3H3,(H,18,20)/t7-,11+,12-/m0/s1. The quantitative estimate of drug-likeness (QED) is 0.774. The molecule has 0 spiro atoms. The molecule has 0 aliphatic heterocycles. The summed E-state index contributed by atoms with van der Waals surface area (Å²) >= 11 is 3.26. The minimum atomic E-state index is -4.46. The average molecular weight is 356 g/mol. The lowest BCUT2D eigenvalue weighted by Crippen LogP contribution is -2.52. The molecule has 3 atom stereocenters. The van der Waals surface area contributed by atoms with Crippen LogP contribution in [0.15, 0.2) is 0 Å². The van der Waals surface area contributed by atoms with Crippen LogP contribution in [0.5, 0.6) is 0 Å². The summed E-state index contributed by atoms with van der Waals surface area (Å²) in [6.45, 7) is 4.03. The van der Waals surface area contributed by atoms with Crippen molar-refractivity contribution in [2.45, 2.75) is 44.6 Å². The van der Waals surface area contributed by atoms with Gasteiger partial charge in [-0.05, 0) is 18.3 Å². The number of nitrogens with one attached hydrogen (secondary N) is 1. The van der Waals surface area contributed by atoms with Gasteiger partial charge >= 0.3 is 6.18 Å². The molecule has 2 fully saturated rings. The highest BCUT2D eigenvalue weighted by atomic mass is 79.9. The van der Waals surface area contributed by atoms with E-state index in [4.69, 9.17) is 0 Å².